The summed E-state index contributed by atoms with van der Waals surface area (Å²) in [6.07, 6.45) is 0. The van der Waals surface area contributed by atoms with Gasteiger partial charge in [-0.25, -0.2) is 4.39 Å². The second-order valence-electron chi connectivity index (χ2n) is 2.66. The van der Waals surface area contributed by atoms with E-state index in [0.717, 1.165) is 5.69 Å². The quantitative estimate of drug-likeness (QED) is 0.645. The van der Waals surface area contributed by atoms with E-state index in [1.807, 2.05) is 0 Å². The summed E-state index contributed by atoms with van der Waals surface area (Å²) in [4.78, 5) is 0. The Morgan fingerprint density at radius 3 is 2.85 bits per heavy atom. The average Bonchev–Trinajstić information content (AvgIpc) is 2.16. The molecule has 4 heteroatoms. The molecule has 0 aliphatic carbocycles. The Kier molecular flexibility index (Phi) is 3.67. The number of rotatable bonds is 4. The van der Waals surface area contributed by atoms with Crippen molar-refractivity contribution in [1.29, 1.82) is 0 Å². The number of nitrogens with two attached hydrogens (primary N) is 1. The highest BCUT2D eigenvalue weighted by Crippen LogP contribution is 2.15. The molecule has 0 amide bonds. The van der Waals surface area contributed by atoms with Gasteiger partial charge in [0.05, 0.1) is 6.61 Å². The zero-order valence-electron chi connectivity index (χ0n) is 7.26. The molecule has 3 nitrogen and oxygen atoms in total. The van der Waals surface area contributed by atoms with Crippen LogP contribution in [0.2, 0.25) is 0 Å². The summed E-state index contributed by atoms with van der Waals surface area (Å²) in [5.41, 5.74) is 6.91. The molecule has 0 saturated carbocycles. The van der Waals surface area contributed by atoms with Gasteiger partial charge in [-0.05, 0) is 23.8 Å². The minimum absolute atomic E-state index is 0.0430. The maximum absolute atomic E-state index is 12.7. The third kappa shape index (κ3) is 2.68. The van der Waals surface area contributed by atoms with E-state index in [1.54, 1.807) is 6.07 Å². The van der Waals surface area contributed by atoms with E-state index < -0.39 is 0 Å². The number of benzene rings is 1. The second kappa shape index (κ2) is 4.79. The Labute approximate surface area is 76.4 Å². The van der Waals surface area contributed by atoms with Crippen LogP contribution in [0.5, 0.6) is 0 Å². The van der Waals surface area contributed by atoms with Crippen molar-refractivity contribution in [2.45, 2.75) is 6.54 Å². The number of hydrogen-bond donors (Lipinski definition) is 3. The lowest BCUT2D eigenvalue weighted by Gasteiger charge is -2.09. The van der Waals surface area contributed by atoms with Gasteiger partial charge < -0.3 is 16.2 Å². The zero-order valence-corrected chi connectivity index (χ0v) is 7.26. The number of halogens is 1. The summed E-state index contributed by atoms with van der Waals surface area (Å²) in [6.45, 7) is 0.769. The van der Waals surface area contributed by atoms with Crippen LogP contribution in [-0.4, -0.2) is 18.3 Å². The Hall–Kier alpha value is -1.13. The molecule has 1 aromatic rings. The summed E-state index contributed by atoms with van der Waals surface area (Å²) in [6, 6.07) is 4.37. The van der Waals surface area contributed by atoms with Crippen molar-refractivity contribution >= 4 is 5.69 Å². The lowest BCUT2D eigenvalue weighted by molar-refractivity contribution is 0.311. The highest BCUT2D eigenvalue weighted by Gasteiger charge is 2.01. The molecule has 0 heterocycles. The molecule has 0 atom stereocenters. The summed E-state index contributed by atoms with van der Waals surface area (Å²) >= 11 is 0. The molecular formula is C9H13FN2O. The van der Waals surface area contributed by atoms with E-state index in [0.29, 0.717) is 12.1 Å². The molecule has 0 spiro atoms. The van der Waals surface area contributed by atoms with Crippen LogP contribution in [0.15, 0.2) is 18.2 Å². The Morgan fingerprint density at radius 2 is 2.23 bits per heavy atom. The Balaban J connectivity index is 2.79. The molecule has 0 saturated heterocycles. The van der Waals surface area contributed by atoms with Crippen molar-refractivity contribution in [2.75, 3.05) is 18.5 Å². The van der Waals surface area contributed by atoms with Crippen LogP contribution in [0, 0.1) is 5.82 Å². The first kappa shape index (κ1) is 9.95. The highest BCUT2D eigenvalue weighted by atomic mass is 19.1. The molecule has 13 heavy (non-hydrogen) atoms. The van der Waals surface area contributed by atoms with Gasteiger partial charge in [0.2, 0.25) is 0 Å². The lowest BCUT2D eigenvalue weighted by Crippen LogP contribution is -2.09. The lowest BCUT2D eigenvalue weighted by atomic mass is 10.1. The van der Waals surface area contributed by atoms with Crippen LogP contribution >= 0.6 is 0 Å². The number of nitrogens with one attached hydrogen (secondary N) is 1. The van der Waals surface area contributed by atoms with Crippen molar-refractivity contribution in [1.82, 2.24) is 0 Å². The fourth-order valence-electron chi connectivity index (χ4n) is 1.09. The molecule has 1 rings (SSSR count). The van der Waals surface area contributed by atoms with Crippen molar-refractivity contribution in [3.63, 3.8) is 0 Å². The summed E-state index contributed by atoms with van der Waals surface area (Å²) < 4.78 is 12.7. The maximum atomic E-state index is 12.7. The Bertz CT molecular complexity index is 278. The molecule has 0 aliphatic heterocycles. The standard InChI is InChI=1S/C9H13FN2O/c10-8-1-2-9(12-3-4-13)7(5-8)6-11/h1-2,5,12-13H,3-4,6,11H2. The first-order valence-corrected chi connectivity index (χ1v) is 4.11. The van der Waals surface area contributed by atoms with Gasteiger partial charge in [-0.15, -0.1) is 0 Å². The SMILES string of the molecule is NCc1cc(F)ccc1NCCO. The first-order valence-electron chi connectivity index (χ1n) is 4.11. The van der Waals surface area contributed by atoms with Crippen LogP contribution in [0.1, 0.15) is 5.56 Å². The van der Waals surface area contributed by atoms with Gasteiger partial charge >= 0.3 is 0 Å². The number of aliphatic hydroxyl groups is 1. The summed E-state index contributed by atoms with van der Waals surface area (Å²) in [5.74, 6) is -0.296. The van der Waals surface area contributed by atoms with Crippen LogP contribution in [0.3, 0.4) is 0 Å². The van der Waals surface area contributed by atoms with Crippen molar-refractivity contribution < 1.29 is 9.50 Å². The largest absolute Gasteiger partial charge is 0.395 e. The van der Waals surface area contributed by atoms with E-state index in [4.69, 9.17) is 10.8 Å². The smallest absolute Gasteiger partial charge is 0.123 e. The van der Waals surface area contributed by atoms with Gasteiger partial charge in [0.25, 0.3) is 0 Å². The van der Waals surface area contributed by atoms with Crippen LogP contribution in [-0.2, 0) is 6.54 Å². The summed E-state index contributed by atoms with van der Waals surface area (Å²) in [5, 5.41) is 11.5. The van der Waals surface area contributed by atoms with E-state index in [1.165, 1.54) is 12.1 Å². The van der Waals surface area contributed by atoms with Gasteiger partial charge in [-0.2, -0.15) is 0 Å². The average molecular weight is 184 g/mol. The monoisotopic (exact) mass is 184 g/mol. The van der Waals surface area contributed by atoms with Crippen LogP contribution < -0.4 is 11.1 Å². The minimum Gasteiger partial charge on any atom is -0.395 e. The van der Waals surface area contributed by atoms with E-state index in [-0.39, 0.29) is 19.0 Å². The van der Waals surface area contributed by atoms with E-state index in [9.17, 15) is 4.39 Å². The van der Waals surface area contributed by atoms with Gasteiger partial charge in [0.1, 0.15) is 5.82 Å². The van der Waals surface area contributed by atoms with Gasteiger partial charge in [-0.3, -0.25) is 0 Å². The molecule has 0 unspecified atom stereocenters. The second-order valence-corrected chi connectivity index (χ2v) is 2.66. The van der Waals surface area contributed by atoms with Crippen molar-refractivity contribution in [3.05, 3.63) is 29.6 Å². The third-order valence-electron chi connectivity index (χ3n) is 1.71. The van der Waals surface area contributed by atoms with Crippen molar-refractivity contribution in [3.8, 4) is 0 Å². The van der Waals surface area contributed by atoms with E-state index in [2.05, 4.69) is 5.32 Å². The molecular weight excluding hydrogens is 171 g/mol. The molecule has 0 bridgehead atoms. The Morgan fingerprint density at radius 1 is 1.46 bits per heavy atom. The number of aliphatic hydroxyl groups excluding tert-OH is 1. The molecule has 1 aromatic carbocycles. The predicted octanol–water partition coefficient (Wildman–Crippen LogP) is 0.689. The fraction of sp³-hybridized carbons (Fsp3) is 0.333. The molecule has 72 valence electrons. The van der Waals surface area contributed by atoms with Crippen molar-refractivity contribution in [2.24, 2.45) is 5.73 Å². The van der Waals surface area contributed by atoms with Gasteiger partial charge in [0.15, 0.2) is 0 Å². The molecule has 0 fully saturated rings. The predicted molar refractivity (Wildman–Crippen MR) is 49.9 cm³/mol. The van der Waals surface area contributed by atoms with E-state index >= 15 is 0 Å². The van der Waals surface area contributed by atoms with Gasteiger partial charge in [-0.1, -0.05) is 0 Å². The fourth-order valence-corrected chi connectivity index (χ4v) is 1.09. The summed E-state index contributed by atoms with van der Waals surface area (Å²) in [7, 11) is 0. The topological polar surface area (TPSA) is 58.3 Å². The number of hydrogen-bond acceptors (Lipinski definition) is 3. The van der Waals surface area contributed by atoms with Gasteiger partial charge in [0, 0.05) is 18.8 Å². The number of anilines is 1. The first-order chi connectivity index (χ1) is 6.27. The highest BCUT2D eigenvalue weighted by molar-refractivity contribution is 5.51. The third-order valence-corrected chi connectivity index (χ3v) is 1.71. The van der Waals surface area contributed by atoms with Crippen LogP contribution in [0.4, 0.5) is 10.1 Å². The molecule has 0 radical (unpaired) electrons. The molecule has 0 aromatic heterocycles. The molecule has 0 aliphatic rings. The maximum Gasteiger partial charge on any atom is 0.123 e. The zero-order chi connectivity index (χ0) is 9.68. The molecule has 4 N–H and O–H groups in total. The normalized spacial score (nSPS) is 10.1. The van der Waals surface area contributed by atoms with Crippen LogP contribution in [0.25, 0.3) is 0 Å². The minimum atomic E-state index is -0.296.